The number of pyridine rings is 1. The average Bonchev–Trinajstić information content (AvgIpc) is 2.72. The summed E-state index contributed by atoms with van der Waals surface area (Å²) >= 11 is 0. The number of carbonyl (C=O) groups excluding carboxylic acids is 1. The van der Waals surface area contributed by atoms with E-state index in [-0.39, 0.29) is 11.9 Å². The topological polar surface area (TPSA) is 66.9 Å². The molecule has 0 bridgehead atoms. The van der Waals surface area contributed by atoms with E-state index in [2.05, 4.69) is 4.98 Å². The monoisotopic (exact) mass is 397 g/mol. The van der Waals surface area contributed by atoms with Gasteiger partial charge in [0, 0.05) is 30.5 Å². The minimum atomic E-state index is 0.151. The molecule has 0 aliphatic carbocycles. The zero-order valence-electron chi connectivity index (χ0n) is 18.4. The lowest BCUT2D eigenvalue weighted by Crippen LogP contribution is -2.13. The van der Waals surface area contributed by atoms with E-state index < -0.39 is 0 Å². The number of hydrogen-bond acceptors (Lipinski definition) is 6. The third-order valence-electron chi connectivity index (χ3n) is 3.60. The van der Waals surface area contributed by atoms with Crippen LogP contribution in [0.15, 0.2) is 18.3 Å². The lowest BCUT2D eigenvalue weighted by atomic mass is 10.1. The molecule has 0 unspecified atom stereocenters. The normalized spacial score (nSPS) is 10.6. The Hall–Kier alpha value is -1.34. The summed E-state index contributed by atoms with van der Waals surface area (Å²) in [5.41, 5.74) is 1.67. The Balaban J connectivity index is 0.00000352. The van der Waals surface area contributed by atoms with E-state index >= 15 is 0 Å². The molecule has 1 aromatic heterocycles. The van der Waals surface area contributed by atoms with Gasteiger partial charge in [-0.25, -0.2) is 0 Å². The molecule has 6 nitrogen and oxygen atoms in total. The molecule has 0 amide bonds. The maximum absolute atomic E-state index is 11.7. The molecular weight excluding hydrogens is 358 g/mol. The van der Waals surface area contributed by atoms with Crippen LogP contribution in [0.25, 0.3) is 0 Å². The van der Waals surface area contributed by atoms with E-state index in [1.165, 1.54) is 0 Å². The predicted molar refractivity (Wildman–Crippen MR) is 112 cm³/mol. The van der Waals surface area contributed by atoms with Gasteiger partial charge in [-0.1, -0.05) is 20.8 Å². The van der Waals surface area contributed by atoms with Crippen molar-refractivity contribution < 1.29 is 23.7 Å². The fourth-order valence-electron chi connectivity index (χ4n) is 2.23. The van der Waals surface area contributed by atoms with Crippen LogP contribution in [0.3, 0.4) is 0 Å². The second-order valence-corrected chi connectivity index (χ2v) is 6.17. The molecule has 0 radical (unpaired) electrons. The second-order valence-electron chi connectivity index (χ2n) is 6.17. The molecular formula is C22H39NO5. The Morgan fingerprint density at radius 2 is 1.54 bits per heavy atom. The standard InChI is InChI=1S/C20H33NO5.C2H6/c1-4-20(22)18-7-8-21-19(16-18)6-5-9-23-10-11-24-12-13-25-14-15-26-17(2)3;1-2/h7-8,16-17H,4-6,9-15H2,1-3H3;1-2H3. The number of carbonyl (C=O) groups is 1. The summed E-state index contributed by atoms with van der Waals surface area (Å²) in [5.74, 6) is 0.151. The molecule has 0 saturated carbocycles. The highest BCUT2D eigenvalue weighted by Crippen LogP contribution is 2.07. The molecule has 1 heterocycles. The van der Waals surface area contributed by atoms with Gasteiger partial charge in [0.2, 0.25) is 0 Å². The maximum Gasteiger partial charge on any atom is 0.162 e. The molecule has 1 aromatic rings. The third-order valence-corrected chi connectivity index (χ3v) is 3.60. The minimum Gasteiger partial charge on any atom is -0.379 e. The second kappa shape index (κ2) is 19.0. The van der Waals surface area contributed by atoms with E-state index in [1.54, 1.807) is 12.3 Å². The van der Waals surface area contributed by atoms with Crippen molar-refractivity contribution in [1.82, 2.24) is 4.98 Å². The van der Waals surface area contributed by atoms with Crippen molar-refractivity contribution in [2.45, 2.75) is 60.0 Å². The molecule has 28 heavy (non-hydrogen) atoms. The Bertz CT molecular complexity index is 494. The molecule has 0 N–H and O–H groups in total. The Morgan fingerprint density at radius 3 is 2.11 bits per heavy atom. The lowest BCUT2D eigenvalue weighted by molar-refractivity contribution is -0.0118. The molecule has 0 aliphatic rings. The van der Waals surface area contributed by atoms with Gasteiger partial charge in [-0.15, -0.1) is 0 Å². The number of ketones is 1. The molecule has 162 valence electrons. The SMILES string of the molecule is CC.CCC(=O)c1ccnc(CCCOCCOCCOCCOC(C)C)c1. The van der Waals surface area contributed by atoms with E-state index in [4.69, 9.17) is 18.9 Å². The van der Waals surface area contributed by atoms with Crippen LogP contribution in [0, 0.1) is 0 Å². The number of nitrogens with zero attached hydrogens (tertiary/aromatic N) is 1. The summed E-state index contributed by atoms with van der Waals surface area (Å²) in [6, 6.07) is 3.64. The maximum atomic E-state index is 11.7. The molecule has 0 fully saturated rings. The van der Waals surface area contributed by atoms with Crippen molar-refractivity contribution in [3.05, 3.63) is 29.6 Å². The van der Waals surface area contributed by atoms with Crippen molar-refractivity contribution in [3.8, 4) is 0 Å². The predicted octanol–water partition coefficient (Wildman–Crippen LogP) is 4.11. The summed E-state index contributed by atoms with van der Waals surface area (Å²) in [7, 11) is 0. The number of aromatic nitrogens is 1. The number of ether oxygens (including phenoxy) is 4. The third kappa shape index (κ3) is 14.7. The molecule has 0 aliphatic heterocycles. The first-order chi connectivity index (χ1) is 13.6. The van der Waals surface area contributed by atoms with Gasteiger partial charge in [0.15, 0.2) is 5.78 Å². The van der Waals surface area contributed by atoms with Crippen LogP contribution in [0.2, 0.25) is 0 Å². The Kier molecular flexibility index (Phi) is 18.1. The van der Waals surface area contributed by atoms with Crippen LogP contribution in [0.4, 0.5) is 0 Å². The fraction of sp³-hybridized carbons (Fsp3) is 0.727. The number of Topliss-reactive ketones (excluding diaryl/α,β-unsaturated/α-hetero) is 1. The molecule has 0 aromatic carbocycles. The molecule has 1 rings (SSSR count). The minimum absolute atomic E-state index is 0.151. The van der Waals surface area contributed by atoms with Gasteiger partial charge in [-0.2, -0.15) is 0 Å². The van der Waals surface area contributed by atoms with Crippen LogP contribution in [-0.2, 0) is 25.4 Å². The van der Waals surface area contributed by atoms with E-state index in [9.17, 15) is 4.79 Å². The van der Waals surface area contributed by atoms with Gasteiger partial charge in [0.25, 0.3) is 0 Å². The van der Waals surface area contributed by atoms with Gasteiger partial charge >= 0.3 is 0 Å². The summed E-state index contributed by atoms with van der Waals surface area (Å²) in [4.78, 5) is 16.0. The quantitative estimate of drug-likeness (QED) is 0.309. The van der Waals surface area contributed by atoms with Gasteiger partial charge in [0.1, 0.15) is 0 Å². The van der Waals surface area contributed by atoms with Crippen molar-refractivity contribution in [2.24, 2.45) is 0 Å². The molecule has 0 saturated heterocycles. The lowest BCUT2D eigenvalue weighted by Gasteiger charge is -2.09. The highest BCUT2D eigenvalue weighted by atomic mass is 16.6. The number of hydrogen-bond donors (Lipinski definition) is 0. The number of rotatable bonds is 16. The zero-order valence-corrected chi connectivity index (χ0v) is 18.4. The Morgan fingerprint density at radius 1 is 0.964 bits per heavy atom. The van der Waals surface area contributed by atoms with Gasteiger partial charge in [-0.05, 0) is 38.8 Å². The van der Waals surface area contributed by atoms with Gasteiger partial charge in [-0.3, -0.25) is 9.78 Å². The molecule has 0 spiro atoms. The van der Waals surface area contributed by atoms with Crippen LogP contribution in [-0.4, -0.2) is 63.1 Å². The smallest absolute Gasteiger partial charge is 0.162 e. The van der Waals surface area contributed by atoms with Crippen molar-refractivity contribution >= 4 is 5.78 Å². The molecule has 0 atom stereocenters. The van der Waals surface area contributed by atoms with Crippen molar-refractivity contribution in [1.29, 1.82) is 0 Å². The first-order valence-electron chi connectivity index (χ1n) is 10.5. The number of aryl methyl sites for hydroxylation is 1. The summed E-state index contributed by atoms with van der Waals surface area (Å²) in [6.07, 6.45) is 4.13. The summed E-state index contributed by atoms with van der Waals surface area (Å²) < 4.78 is 21.7. The van der Waals surface area contributed by atoms with Gasteiger partial charge in [0.05, 0.1) is 45.7 Å². The fourth-order valence-corrected chi connectivity index (χ4v) is 2.23. The van der Waals surface area contributed by atoms with E-state index in [1.807, 2.05) is 40.7 Å². The van der Waals surface area contributed by atoms with Crippen LogP contribution >= 0.6 is 0 Å². The van der Waals surface area contributed by atoms with E-state index in [0.29, 0.717) is 52.7 Å². The van der Waals surface area contributed by atoms with Crippen LogP contribution in [0.5, 0.6) is 0 Å². The van der Waals surface area contributed by atoms with Crippen molar-refractivity contribution in [3.63, 3.8) is 0 Å². The Labute approximate surface area is 170 Å². The van der Waals surface area contributed by atoms with Crippen LogP contribution < -0.4 is 0 Å². The summed E-state index contributed by atoms with van der Waals surface area (Å²) in [5, 5.41) is 0. The van der Waals surface area contributed by atoms with E-state index in [0.717, 1.165) is 24.1 Å². The first-order valence-corrected chi connectivity index (χ1v) is 10.5. The van der Waals surface area contributed by atoms with Crippen LogP contribution in [0.1, 0.15) is 63.5 Å². The average molecular weight is 398 g/mol. The highest BCUT2D eigenvalue weighted by molar-refractivity contribution is 5.95. The summed E-state index contributed by atoms with van der Waals surface area (Å²) in [6.45, 7) is 14.0. The highest BCUT2D eigenvalue weighted by Gasteiger charge is 2.04. The first kappa shape index (κ1) is 26.7. The molecule has 6 heteroatoms. The largest absolute Gasteiger partial charge is 0.379 e. The van der Waals surface area contributed by atoms with Crippen molar-refractivity contribution in [2.75, 3.05) is 46.2 Å². The zero-order chi connectivity index (χ0) is 21.0. The van der Waals surface area contributed by atoms with Gasteiger partial charge < -0.3 is 18.9 Å².